The van der Waals surface area contributed by atoms with Crippen LogP contribution < -0.4 is 0 Å². The largest absolute Gasteiger partial charge is 0.0625 e. The molecule has 0 aliphatic carbocycles. The van der Waals surface area contributed by atoms with Crippen LogP contribution in [0, 0.1) is 65.1 Å². The highest BCUT2D eigenvalue weighted by Crippen LogP contribution is 2.41. The van der Waals surface area contributed by atoms with Gasteiger partial charge in [0.15, 0.2) is 0 Å². The second kappa shape index (κ2) is 10.2. The highest BCUT2D eigenvalue weighted by atomic mass is 14.4. The van der Waals surface area contributed by atoms with Crippen LogP contribution in [-0.4, -0.2) is 0 Å². The van der Waals surface area contributed by atoms with Gasteiger partial charge in [0, 0.05) is 0 Å². The van der Waals surface area contributed by atoms with E-state index in [0.29, 0.717) is 0 Å². The van der Waals surface area contributed by atoms with E-state index in [1.54, 1.807) is 0 Å². The summed E-state index contributed by atoms with van der Waals surface area (Å²) in [6, 6.07) is 0. The van der Waals surface area contributed by atoms with Gasteiger partial charge in [0.05, 0.1) is 0 Å². The normalized spacial score (nSPS) is 24.1. The van der Waals surface area contributed by atoms with E-state index in [4.69, 9.17) is 0 Å². The van der Waals surface area contributed by atoms with Gasteiger partial charge in [0.25, 0.3) is 0 Å². The molecule has 0 saturated heterocycles. The molecule has 0 aromatic rings. The average molecular weight is 339 g/mol. The van der Waals surface area contributed by atoms with E-state index in [-0.39, 0.29) is 0 Å². The molecule has 1 unspecified atom stereocenters. The van der Waals surface area contributed by atoms with E-state index in [2.05, 4.69) is 90.0 Å². The molecular weight excluding hydrogens is 288 g/mol. The third-order valence-electron chi connectivity index (χ3n) is 8.74. The average Bonchev–Trinajstić information content (AvgIpc) is 2.55. The molecule has 0 heteroatoms. The van der Waals surface area contributed by atoms with Crippen molar-refractivity contribution < 1.29 is 0 Å². The molecule has 0 rings (SSSR count). The van der Waals surface area contributed by atoms with Crippen LogP contribution in [-0.2, 0) is 0 Å². The monoisotopic (exact) mass is 338 g/mol. The molecular formula is C24H50. The van der Waals surface area contributed by atoms with Crippen LogP contribution in [0.5, 0.6) is 0 Å². The molecule has 0 nitrogen and oxygen atoms in total. The number of hydrogen-bond acceptors (Lipinski definition) is 0. The maximum atomic E-state index is 2.52. The lowest BCUT2D eigenvalue weighted by molar-refractivity contribution is 0.0774. The molecule has 0 N–H and O–H groups in total. The Bertz CT molecular complexity index is 297. The second-order valence-corrected chi connectivity index (χ2v) is 10.2. The molecule has 0 saturated carbocycles. The second-order valence-electron chi connectivity index (χ2n) is 10.2. The Morgan fingerprint density at radius 1 is 0.208 bits per heavy atom. The number of rotatable bonds is 10. The highest BCUT2D eigenvalue weighted by molar-refractivity contribution is 4.83. The van der Waals surface area contributed by atoms with E-state index in [0.717, 1.165) is 65.1 Å². The van der Waals surface area contributed by atoms with Gasteiger partial charge in [-0.3, -0.25) is 0 Å². The zero-order valence-corrected chi connectivity index (χ0v) is 19.4. The fourth-order valence-electron chi connectivity index (χ4n) is 4.57. The summed E-state index contributed by atoms with van der Waals surface area (Å²) in [6.07, 6.45) is 0. The maximum Gasteiger partial charge on any atom is -0.0386 e. The summed E-state index contributed by atoms with van der Waals surface area (Å²) in [5.41, 5.74) is 0. The molecule has 0 heterocycles. The molecule has 0 aromatic carbocycles. The van der Waals surface area contributed by atoms with Gasteiger partial charge < -0.3 is 0 Å². The van der Waals surface area contributed by atoms with Crippen LogP contribution in [0.4, 0.5) is 0 Å². The first-order valence-electron chi connectivity index (χ1n) is 10.8. The molecule has 9 atom stereocenters. The van der Waals surface area contributed by atoms with Crippen LogP contribution in [0.2, 0.25) is 0 Å². The lowest BCUT2D eigenvalue weighted by Gasteiger charge is -2.41. The van der Waals surface area contributed by atoms with E-state index >= 15 is 0 Å². The van der Waals surface area contributed by atoms with Crippen LogP contribution in [0.1, 0.15) is 90.0 Å². The summed E-state index contributed by atoms with van der Waals surface area (Å²) in [5.74, 6) is 8.76. The van der Waals surface area contributed by atoms with E-state index in [1.165, 1.54) is 0 Å². The zero-order chi connectivity index (χ0) is 19.4. The Morgan fingerprint density at radius 3 is 0.458 bits per heavy atom. The van der Waals surface area contributed by atoms with Gasteiger partial charge in [0.2, 0.25) is 0 Å². The Morgan fingerprint density at radius 2 is 0.333 bits per heavy atom. The van der Waals surface area contributed by atoms with Gasteiger partial charge in [-0.05, 0) is 65.1 Å². The molecule has 0 radical (unpaired) electrons. The zero-order valence-electron chi connectivity index (χ0n) is 19.4. The van der Waals surface area contributed by atoms with Gasteiger partial charge in [-0.1, -0.05) is 90.0 Å². The molecule has 0 aliphatic rings. The summed E-state index contributed by atoms with van der Waals surface area (Å²) in [7, 11) is 0. The fourth-order valence-corrected chi connectivity index (χ4v) is 4.57. The van der Waals surface area contributed by atoms with Gasteiger partial charge in [-0.2, -0.15) is 0 Å². The molecule has 0 bridgehead atoms. The predicted molar refractivity (Wildman–Crippen MR) is 112 cm³/mol. The van der Waals surface area contributed by atoms with Gasteiger partial charge >= 0.3 is 0 Å². The molecule has 0 aliphatic heterocycles. The molecule has 24 heavy (non-hydrogen) atoms. The minimum Gasteiger partial charge on any atom is -0.0625 e. The minimum absolute atomic E-state index is 0.785. The van der Waals surface area contributed by atoms with E-state index in [9.17, 15) is 0 Å². The first-order chi connectivity index (χ1) is 10.8. The lowest BCUT2D eigenvalue weighted by Crippen LogP contribution is -2.34. The summed E-state index contributed by atoms with van der Waals surface area (Å²) in [6.45, 7) is 31.9. The lowest BCUT2D eigenvalue weighted by atomic mass is 9.64. The minimum atomic E-state index is 0.785. The van der Waals surface area contributed by atoms with Crippen molar-refractivity contribution in [1.29, 1.82) is 0 Å². The summed E-state index contributed by atoms with van der Waals surface area (Å²) in [5, 5.41) is 0. The van der Waals surface area contributed by atoms with Crippen LogP contribution in [0.15, 0.2) is 0 Å². The Balaban J connectivity index is 4.95. The van der Waals surface area contributed by atoms with E-state index in [1.807, 2.05) is 0 Å². The van der Waals surface area contributed by atoms with Crippen LogP contribution in [0.25, 0.3) is 0 Å². The summed E-state index contributed by atoms with van der Waals surface area (Å²) in [4.78, 5) is 0. The first kappa shape index (κ1) is 24.0. The predicted octanol–water partition coefficient (Wildman–Crippen LogP) is 8.02. The van der Waals surface area contributed by atoms with Crippen LogP contribution in [0.3, 0.4) is 0 Å². The molecule has 146 valence electrons. The molecule has 0 aromatic heterocycles. The molecule has 0 fully saturated rings. The smallest absolute Gasteiger partial charge is 0.0386 e. The third-order valence-corrected chi connectivity index (χ3v) is 8.74. The quantitative estimate of drug-likeness (QED) is 0.378. The maximum absolute atomic E-state index is 2.52. The summed E-state index contributed by atoms with van der Waals surface area (Å²) < 4.78 is 0. The third kappa shape index (κ3) is 6.06. The Labute approximate surface area is 155 Å². The fraction of sp³-hybridized carbons (Fsp3) is 1.00. The van der Waals surface area contributed by atoms with Crippen molar-refractivity contribution in [3.63, 3.8) is 0 Å². The van der Waals surface area contributed by atoms with Crippen molar-refractivity contribution in [2.45, 2.75) is 90.0 Å². The van der Waals surface area contributed by atoms with Crippen molar-refractivity contribution in [2.75, 3.05) is 0 Å². The van der Waals surface area contributed by atoms with Crippen molar-refractivity contribution in [1.82, 2.24) is 0 Å². The first-order valence-corrected chi connectivity index (χ1v) is 10.8. The molecule has 0 spiro atoms. The summed E-state index contributed by atoms with van der Waals surface area (Å²) >= 11 is 0. The Kier molecular flexibility index (Phi) is 10.2. The standard InChI is InChI=1S/C24H50/c1-14(2)16(5)18(7)20(9)22(11)24(13)23(12)21(10)19(8)17(6)15(3)4/h14-24H,1-13H3/t16-,17+,18-,19+,20+,21-,22-,23+,24?. The van der Waals surface area contributed by atoms with Gasteiger partial charge in [-0.15, -0.1) is 0 Å². The van der Waals surface area contributed by atoms with Gasteiger partial charge in [-0.25, -0.2) is 0 Å². The van der Waals surface area contributed by atoms with E-state index < -0.39 is 0 Å². The van der Waals surface area contributed by atoms with Crippen molar-refractivity contribution in [3.05, 3.63) is 0 Å². The van der Waals surface area contributed by atoms with Gasteiger partial charge in [0.1, 0.15) is 0 Å². The molecule has 0 amide bonds. The van der Waals surface area contributed by atoms with Crippen molar-refractivity contribution in [2.24, 2.45) is 65.1 Å². The van der Waals surface area contributed by atoms with Crippen molar-refractivity contribution >= 4 is 0 Å². The highest BCUT2D eigenvalue weighted by Gasteiger charge is 2.34. The SMILES string of the molecule is CC(C)[C@@H](C)[C@@H](C)[C@H](C)[C@@H](C)C(C)[C@@H](C)[C@H](C)[C@@H](C)[C@@H](C)C(C)C. The Hall–Kier alpha value is 0. The van der Waals surface area contributed by atoms with Crippen LogP contribution >= 0.6 is 0 Å². The number of hydrogen-bond donors (Lipinski definition) is 0. The topological polar surface area (TPSA) is 0 Å². The van der Waals surface area contributed by atoms with Crippen molar-refractivity contribution in [3.8, 4) is 0 Å².